The number of fused-ring (bicyclic) bond motifs is 1. The smallest absolute Gasteiger partial charge is 0.267 e. The van der Waals surface area contributed by atoms with Gasteiger partial charge in [0.25, 0.3) is 11.5 Å². The molecule has 0 saturated carbocycles. The van der Waals surface area contributed by atoms with Crippen molar-refractivity contribution >= 4 is 40.3 Å². The second-order valence-corrected chi connectivity index (χ2v) is 10.9. The van der Waals surface area contributed by atoms with E-state index in [0.717, 1.165) is 0 Å². The number of hydrogen-bond donors (Lipinski definition) is 2. The number of halogens is 1. The summed E-state index contributed by atoms with van der Waals surface area (Å²) < 4.78 is 12.3. The van der Waals surface area contributed by atoms with E-state index in [-0.39, 0.29) is 33.9 Å². The van der Waals surface area contributed by atoms with Gasteiger partial charge in [0.1, 0.15) is 28.8 Å². The molecule has 0 aliphatic carbocycles. The van der Waals surface area contributed by atoms with Crippen molar-refractivity contribution in [3.63, 3.8) is 0 Å². The summed E-state index contributed by atoms with van der Waals surface area (Å²) in [6.45, 7) is 5.88. The average molecular weight is 603 g/mol. The van der Waals surface area contributed by atoms with Crippen molar-refractivity contribution in [1.82, 2.24) is 24.5 Å². The lowest BCUT2D eigenvalue weighted by Crippen LogP contribution is -2.24. The SMILES string of the molecule is CNc1ncc2cc(-c3cc(OC)cc(OC)c3Cl)c(=O)n(CCc3cnc(NC(=O)/C(C#N)=C/C(C)(C)C)cn3)c2n1. The number of carbonyl (C=O) groups is 1. The number of hydrogen-bond acceptors (Lipinski definition) is 10. The Morgan fingerprint density at radius 1 is 1.09 bits per heavy atom. The molecule has 3 heterocycles. The third-order valence-corrected chi connectivity index (χ3v) is 6.68. The molecule has 0 radical (unpaired) electrons. The molecule has 0 unspecified atom stereocenters. The highest BCUT2D eigenvalue weighted by Crippen LogP contribution is 2.38. The molecule has 43 heavy (non-hydrogen) atoms. The van der Waals surface area contributed by atoms with Crippen LogP contribution < -0.4 is 25.7 Å². The predicted molar refractivity (Wildman–Crippen MR) is 164 cm³/mol. The van der Waals surface area contributed by atoms with Gasteiger partial charge in [0.05, 0.1) is 37.3 Å². The van der Waals surface area contributed by atoms with E-state index >= 15 is 0 Å². The molecule has 0 bridgehead atoms. The van der Waals surface area contributed by atoms with Gasteiger partial charge in [-0.3, -0.25) is 19.1 Å². The summed E-state index contributed by atoms with van der Waals surface area (Å²) in [4.78, 5) is 44.0. The standard InChI is InChI=1S/C30H31ClN8O4/c1-30(2,3)12-18(13-32)27(40)37-24-16-34-19(15-35-24)7-8-39-26-17(14-36-29(33-4)38-26)9-22(28(39)41)21-10-20(42-5)11-23(43-6)25(21)31/h9-12,14-16H,7-8H2,1-6H3,(H,33,36,38)(H,35,37,40)/b18-12+. The van der Waals surface area contributed by atoms with Crippen LogP contribution in [0.3, 0.4) is 0 Å². The number of carbonyl (C=O) groups excluding carboxylic acids is 1. The van der Waals surface area contributed by atoms with Crippen LogP contribution in [0.1, 0.15) is 26.5 Å². The first-order chi connectivity index (χ1) is 20.5. The van der Waals surface area contributed by atoms with E-state index in [9.17, 15) is 14.9 Å². The minimum atomic E-state index is -0.567. The maximum Gasteiger partial charge on any atom is 0.267 e. The van der Waals surface area contributed by atoms with Crippen LogP contribution in [-0.4, -0.2) is 51.7 Å². The highest BCUT2D eigenvalue weighted by atomic mass is 35.5. The molecule has 13 heteroatoms. The van der Waals surface area contributed by atoms with Crippen LogP contribution in [0.4, 0.5) is 11.8 Å². The number of pyridine rings is 1. The lowest BCUT2D eigenvalue weighted by atomic mass is 9.93. The fourth-order valence-corrected chi connectivity index (χ4v) is 4.54. The molecule has 222 valence electrons. The molecule has 1 aromatic carbocycles. The lowest BCUT2D eigenvalue weighted by molar-refractivity contribution is -0.112. The van der Waals surface area contributed by atoms with Crippen molar-refractivity contribution in [2.45, 2.75) is 33.7 Å². The number of allylic oxidation sites excluding steroid dienone is 1. The van der Waals surface area contributed by atoms with Crippen LogP contribution in [0.25, 0.3) is 22.2 Å². The summed E-state index contributed by atoms with van der Waals surface area (Å²) in [5, 5.41) is 15.8. The second kappa shape index (κ2) is 12.9. The number of methoxy groups -OCH3 is 2. The number of rotatable bonds is 9. The molecular formula is C30H31ClN8O4. The number of nitriles is 1. The van der Waals surface area contributed by atoms with Crippen LogP contribution in [0.15, 0.2) is 53.2 Å². The number of aryl methyl sites for hydroxylation is 2. The molecule has 12 nitrogen and oxygen atoms in total. The molecule has 0 aliphatic rings. The average Bonchev–Trinajstić information content (AvgIpc) is 2.99. The molecule has 0 spiro atoms. The first-order valence-electron chi connectivity index (χ1n) is 13.2. The van der Waals surface area contributed by atoms with Crippen molar-refractivity contribution in [2.24, 2.45) is 5.41 Å². The van der Waals surface area contributed by atoms with E-state index in [1.807, 2.05) is 26.8 Å². The van der Waals surface area contributed by atoms with Gasteiger partial charge in [0.2, 0.25) is 5.95 Å². The van der Waals surface area contributed by atoms with Crippen LogP contribution in [0, 0.1) is 16.7 Å². The zero-order chi connectivity index (χ0) is 31.3. The Balaban J connectivity index is 1.68. The quantitative estimate of drug-likeness (QED) is 0.204. The molecule has 3 aromatic heterocycles. The van der Waals surface area contributed by atoms with E-state index in [2.05, 4.69) is 30.6 Å². The van der Waals surface area contributed by atoms with Gasteiger partial charge in [-0.1, -0.05) is 38.4 Å². The summed E-state index contributed by atoms with van der Waals surface area (Å²) in [7, 11) is 4.69. The first kappa shape index (κ1) is 30.9. The fraction of sp³-hybridized carbons (Fsp3) is 0.300. The number of benzene rings is 1. The topological polar surface area (TPSA) is 157 Å². The molecule has 0 saturated heterocycles. The molecule has 4 rings (SSSR count). The molecule has 0 fully saturated rings. The van der Waals surface area contributed by atoms with Crippen molar-refractivity contribution in [3.8, 4) is 28.7 Å². The van der Waals surface area contributed by atoms with E-state index < -0.39 is 5.91 Å². The van der Waals surface area contributed by atoms with Gasteiger partial charge in [-0.15, -0.1) is 0 Å². The summed E-state index contributed by atoms with van der Waals surface area (Å²) in [6, 6.07) is 6.92. The zero-order valence-corrected chi connectivity index (χ0v) is 25.4. The summed E-state index contributed by atoms with van der Waals surface area (Å²) in [5.74, 6) is 0.819. The Morgan fingerprint density at radius 2 is 1.86 bits per heavy atom. The van der Waals surface area contributed by atoms with Gasteiger partial charge in [0.15, 0.2) is 5.82 Å². The Bertz CT molecular complexity index is 1810. The predicted octanol–water partition coefficient (Wildman–Crippen LogP) is 4.64. The highest BCUT2D eigenvalue weighted by Gasteiger charge is 2.20. The minimum absolute atomic E-state index is 0.0128. The van der Waals surface area contributed by atoms with Crippen LogP contribution in [-0.2, 0) is 17.8 Å². The maximum absolute atomic E-state index is 13.9. The minimum Gasteiger partial charge on any atom is -0.497 e. The molecule has 1 amide bonds. The third-order valence-electron chi connectivity index (χ3n) is 6.29. The van der Waals surface area contributed by atoms with Crippen LogP contribution >= 0.6 is 11.6 Å². The Morgan fingerprint density at radius 3 is 2.47 bits per heavy atom. The molecule has 0 atom stereocenters. The van der Waals surface area contributed by atoms with Crippen molar-refractivity contribution in [2.75, 3.05) is 31.9 Å². The fourth-order valence-electron chi connectivity index (χ4n) is 4.25. The van der Waals surface area contributed by atoms with Crippen molar-refractivity contribution in [3.05, 3.63) is 69.5 Å². The maximum atomic E-state index is 13.9. The Hall–Kier alpha value is -5.02. The lowest BCUT2D eigenvalue weighted by Gasteiger charge is -2.15. The van der Waals surface area contributed by atoms with E-state index in [0.29, 0.717) is 51.7 Å². The zero-order valence-electron chi connectivity index (χ0n) is 24.6. The molecule has 2 N–H and O–H groups in total. The van der Waals surface area contributed by atoms with Gasteiger partial charge >= 0.3 is 0 Å². The van der Waals surface area contributed by atoms with Gasteiger partial charge in [0, 0.05) is 48.8 Å². The van der Waals surface area contributed by atoms with Crippen molar-refractivity contribution < 1.29 is 14.3 Å². The highest BCUT2D eigenvalue weighted by molar-refractivity contribution is 6.35. The Kier molecular flexibility index (Phi) is 9.26. The number of amides is 1. The van der Waals surface area contributed by atoms with E-state index in [1.165, 1.54) is 31.2 Å². The largest absolute Gasteiger partial charge is 0.497 e. The van der Waals surface area contributed by atoms with Gasteiger partial charge < -0.3 is 20.1 Å². The second-order valence-electron chi connectivity index (χ2n) is 10.6. The molecule has 4 aromatic rings. The van der Waals surface area contributed by atoms with E-state index in [4.69, 9.17) is 21.1 Å². The summed E-state index contributed by atoms with van der Waals surface area (Å²) in [5.41, 5.74) is 1.05. The number of aromatic nitrogens is 5. The number of nitrogens with zero attached hydrogens (tertiary/aromatic N) is 6. The first-order valence-corrected chi connectivity index (χ1v) is 13.6. The van der Waals surface area contributed by atoms with Crippen LogP contribution in [0.5, 0.6) is 11.5 Å². The van der Waals surface area contributed by atoms with E-state index in [1.54, 1.807) is 37.5 Å². The van der Waals surface area contributed by atoms with Gasteiger partial charge in [-0.25, -0.2) is 9.97 Å². The van der Waals surface area contributed by atoms with Gasteiger partial charge in [-0.2, -0.15) is 10.2 Å². The summed E-state index contributed by atoms with van der Waals surface area (Å²) in [6.07, 6.45) is 6.45. The monoisotopic (exact) mass is 602 g/mol. The summed E-state index contributed by atoms with van der Waals surface area (Å²) >= 11 is 6.64. The van der Waals surface area contributed by atoms with Crippen molar-refractivity contribution in [1.29, 1.82) is 5.26 Å². The molecular weight excluding hydrogens is 572 g/mol. The number of ether oxygens (including phenoxy) is 2. The Labute approximate surface area is 253 Å². The van der Waals surface area contributed by atoms with Gasteiger partial charge in [-0.05, 0) is 17.5 Å². The third kappa shape index (κ3) is 7.07. The number of nitrogens with one attached hydrogen (secondary N) is 2. The normalized spacial score (nSPS) is 11.6. The number of anilines is 2. The molecule has 0 aliphatic heterocycles. The van der Waals surface area contributed by atoms with Crippen LogP contribution in [0.2, 0.25) is 5.02 Å².